The number of benzene rings is 1. The maximum Gasteiger partial charge on any atom is 0.221 e. The second-order valence-electron chi connectivity index (χ2n) is 4.80. The van der Waals surface area contributed by atoms with E-state index in [9.17, 15) is 4.79 Å². The van der Waals surface area contributed by atoms with Crippen LogP contribution in [-0.4, -0.2) is 23.9 Å². The molecule has 92 valence electrons. The fraction of sp³-hybridized carbons (Fsp3) is 0.500. The Bertz CT molecular complexity index is 366. The van der Waals surface area contributed by atoms with Gasteiger partial charge in [0.05, 0.1) is 6.42 Å². The highest BCUT2D eigenvalue weighted by atomic mass is 16.1. The number of nitrogens with two attached hydrogens (primary N) is 1. The molecule has 1 heterocycles. The Kier molecular flexibility index (Phi) is 4.15. The van der Waals surface area contributed by atoms with Crippen LogP contribution < -0.4 is 5.73 Å². The lowest BCUT2D eigenvalue weighted by atomic mass is 10.1. The van der Waals surface area contributed by atoms with Crippen molar-refractivity contribution in [3.05, 3.63) is 35.4 Å². The summed E-state index contributed by atoms with van der Waals surface area (Å²) in [7, 11) is 0. The molecule has 2 N–H and O–H groups in total. The van der Waals surface area contributed by atoms with Crippen LogP contribution in [0.1, 0.15) is 30.4 Å². The van der Waals surface area contributed by atoms with Crippen molar-refractivity contribution in [3.8, 4) is 0 Å². The van der Waals surface area contributed by atoms with Crippen molar-refractivity contribution in [2.24, 2.45) is 5.73 Å². The first kappa shape index (κ1) is 12.1. The van der Waals surface area contributed by atoms with Gasteiger partial charge in [0, 0.05) is 6.54 Å². The zero-order valence-corrected chi connectivity index (χ0v) is 10.2. The summed E-state index contributed by atoms with van der Waals surface area (Å²) in [6.45, 7) is 3.45. The van der Waals surface area contributed by atoms with Crippen molar-refractivity contribution < 1.29 is 4.79 Å². The predicted molar refractivity (Wildman–Crippen MR) is 68.5 cm³/mol. The van der Waals surface area contributed by atoms with Crippen LogP contribution in [0.25, 0.3) is 0 Å². The summed E-state index contributed by atoms with van der Waals surface area (Å²) >= 11 is 0. The van der Waals surface area contributed by atoms with Gasteiger partial charge < -0.3 is 5.73 Å². The van der Waals surface area contributed by atoms with E-state index in [0.717, 1.165) is 12.1 Å². The van der Waals surface area contributed by atoms with E-state index in [-0.39, 0.29) is 5.91 Å². The summed E-state index contributed by atoms with van der Waals surface area (Å²) in [6.07, 6.45) is 4.34. The molecule has 0 saturated carbocycles. The Hall–Kier alpha value is -1.35. The highest BCUT2D eigenvalue weighted by Crippen LogP contribution is 2.13. The van der Waals surface area contributed by atoms with Crippen LogP contribution in [0, 0.1) is 0 Å². The lowest BCUT2D eigenvalue weighted by Crippen LogP contribution is -2.29. The molecule has 1 aliphatic rings. The minimum Gasteiger partial charge on any atom is -0.369 e. The topological polar surface area (TPSA) is 46.3 Å². The van der Waals surface area contributed by atoms with Gasteiger partial charge in [0.2, 0.25) is 5.91 Å². The van der Waals surface area contributed by atoms with Crippen molar-refractivity contribution in [1.82, 2.24) is 4.90 Å². The van der Waals surface area contributed by atoms with E-state index in [4.69, 9.17) is 5.73 Å². The average molecular weight is 232 g/mol. The second kappa shape index (κ2) is 5.82. The van der Waals surface area contributed by atoms with Gasteiger partial charge >= 0.3 is 0 Å². The van der Waals surface area contributed by atoms with E-state index in [1.54, 1.807) is 0 Å². The van der Waals surface area contributed by atoms with Gasteiger partial charge in [0.1, 0.15) is 0 Å². The predicted octanol–water partition coefficient (Wildman–Crippen LogP) is 1.70. The summed E-state index contributed by atoms with van der Waals surface area (Å²) in [5.41, 5.74) is 7.48. The van der Waals surface area contributed by atoms with Gasteiger partial charge in [-0.15, -0.1) is 0 Å². The monoisotopic (exact) mass is 232 g/mol. The minimum atomic E-state index is -0.270. The van der Waals surface area contributed by atoms with Crippen molar-refractivity contribution in [1.29, 1.82) is 0 Å². The molecule has 1 fully saturated rings. The molecule has 17 heavy (non-hydrogen) atoms. The summed E-state index contributed by atoms with van der Waals surface area (Å²) in [4.78, 5) is 13.3. The standard InChI is InChI=1S/C14H20N2O/c15-14(17)10-12-4-6-13(7-5-12)11-16-8-2-1-3-9-16/h4-7H,1-3,8-11H2,(H2,15,17). The fourth-order valence-corrected chi connectivity index (χ4v) is 2.34. The van der Waals surface area contributed by atoms with Crippen LogP contribution in [0.4, 0.5) is 0 Å². The van der Waals surface area contributed by atoms with Gasteiger partial charge in [-0.25, -0.2) is 0 Å². The molecule has 1 aliphatic heterocycles. The summed E-state index contributed by atoms with van der Waals surface area (Å²) in [5, 5.41) is 0. The van der Waals surface area contributed by atoms with E-state index < -0.39 is 0 Å². The third kappa shape index (κ3) is 3.86. The highest BCUT2D eigenvalue weighted by molar-refractivity contribution is 5.76. The number of carbonyl (C=O) groups excluding carboxylic acids is 1. The van der Waals surface area contributed by atoms with Crippen LogP contribution in [-0.2, 0) is 17.8 Å². The maximum atomic E-state index is 10.8. The van der Waals surface area contributed by atoms with Gasteiger partial charge in [-0.1, -0.05) is 30.7 Å². The van der Waals surface area contributed by atoms with Gasteiger partial charge in [-0.2, -0.15) is 0 Å². The molecule has 0 aliphatic carbocycles. The molecule has 0 aromatic heterocycles. The molecule has 0 radical (unpaired) electrons. The lowest BCUT2D eigenvalue weighted by Gasteiger charge is -2.26. The molecule has 1 amide bonds. The van der Waals surface area contributed by atoms with E-state index >= 15 is 0 Å². The first-order valence-corrected chi connectivity index (χ1v) is 6.32. The molecule has 2 rings (SSSR count). The molecule has 0 atom stereocenters. The SMILES string of the molecule is NC(=O)Cc1ccc(CN2CCCCC2)cc1. The van der Waals surface area contributed by atoms with Gasteiger partial charge in [-0.3, -0.25) is 9.69 Å². The fourth-order valence-electron chi connectivity index (χ4n) is 2.34. The third-order valence-electron chi connectivity index (χ3n) is 3.26. The molecular weight excluding hydrogens is 212 g/mol. The summed E-state index contributed by atoms with van der Waals surface area (Å²) in [6, 6.07) is 8.22. The third-order valence-corrected chi connectivity index (χ3v) is 3.26. The number of piperidine rings is 1. The Morgan fingerprint density at radius 3 is 2.24 bits per heavy atom. The molecule has 3 heteroatoms. The summed E-state index contributed by atoms with van der Waals surface area (Å²) < 4.78 is 0. The number of hydrogen-bond donors (Lipinski definition) is 1. The smallest absolute Gasteiger partial charge is 0.221 e. The molecule has 1 aromatic carbocycles. The Morgan fingerprint density at radius 2 is 1.65 bits per heavy atom. The number of amides is 1. The van der Waals surface area contributed by atoms with Gasteiger partial charge in [0.25, 0.3) is 0 Å². The minimum absolute atomic E-state index is 0.270. The highest BCUT2D eigenvalue weighted by Gasteiger charge is 2.10. The van der Waals surface area contributed by atoms with Gasteiger partial charge in [0.15, 0.2) is 0 Å². The first-order valence-electron chi connectivity index (χ1n) is 6.32. The van der Waals surface area contributed by atoms with E-state index in [1.165, 1.54) is 37.9 Å². The number of hydrogen-bond acceptors (Lipinski definition) is 2. The molecule has 0 unspecified atom stereocenters. The van der Waals surface area contributed by atoms with Crippen molar-refractivity contribution in [2.75, 3.05) is 13.1 Å². The van der Waals surface area contributed by atoms with Crippen LogP contribution in [0.3, 0.4) is 0 Å². The number of primary amides is 1. The number of nitrogens with zero attached hydrogens (tertiary/aromatic N) is 1. The van der Waals surface area contributed by atoms with Gasteiger partial charge in [-0.05, 0) is 37.1 Å². The van der Waals surface area contributed by atoms with Crippen LogP contribution in [0.15, 0.2) is 24.3 Å². The first-order chi connectivity index (χ1) is 8.24. The van der Waals surface area contributed by atoms with Crippen molar-refractivity contribution in [3.63, 3.8) is 0 Å². The molecule has 3 nitrogen and oxygen atoms in total. The van der Waals surface area contributed by atoms with E-state index in [2.05, 4.69) is 17.0 Å². The number of carbonyl (C=O) groups is 1. The Balaban J connectivity index is 1.90. The lowest BCUT2D eigenvalue weighted by molar-refractivity contribution is -0.117. The maximum absolute atomic E-state index is 10.8. The Labute approximate surface area is 103 Å². The quantitative estimate of drug-likeness (QED) is 0.859. The zero-order valence-electron chi connectivity index (χ0n) is 10.2. The normalized spacial score (nSPS) is 16.9. The molecule has 1 aromatic rings. The van der Waals surface area contributed by atoms with E-state index in [1.807, 2.05) is 12.1 Å². The van der Waals surface area contributed by atoms with Crippen LogP contribution >= 0.6 is 0 Å². The molecular formula is C14H20N2O. The molecule has 0 bridgehead atoms. The van der Waals surface area contributed by atoms with Crippen molar-refractivity contribution in [2.45, 2.75) is 32.2 Å². The van der Waals surface area contributed by atoms with Crippen LogP contribution in [0.5, 0.6) is 0 Å². The largest absolute Gasteiger partial charge is 0.369 e. The Morgan fingerprint density at radius 1 is 1.06 bits per heavy atom. The van der Waals surface area contributed by atoms with Crippen molar-refractivity contribution >= 4 is 5.91 Å². The van der Waals surface area contributed by atoms with Crippen LogP contribution in [0.2, 0.25) is 0 Å². The van der Waals surface area contributed by atoms with E-state index in [0.29, 0.717) is 6.42 Å². The summed E-state index contributed by atoms with van der Waals surface area (Å²) in [5.74, 6) is -0.270. The molecule has 0 spiro atoms. The molecule has 1 saturated heterocycles. The average Bonchev–Trinajstić information content (AvgIpc) is 2.32. The second-order valence-corrected chi connectivity index (χ2v) is 4.80. The number of rotatable bonds is 4. The number of likely N-dealkylation sites (tertiary alicyclic amines) is 1. The zero-order chi connectivity index (χ0) is 12.1.